The molecule has 1 aromatic carbocycles. The minimum Gasteiger partial charge on any atom is -0.394 e. The second kappa shape index (κ2) is 6.21. The van der Waals surface area contributed by atoms with E-state index in [1.165, 1.54) is 17.7 Å². The fourth-order valence-electron chi connectivity index (χ4n) is 2.49. The maximum atomic E-state index is 9.35. The van der Waals surface area contributed by atoms with E-state index in [0.29, 0.717) is 12.1 Å². The molecule has 0 radical (unpaired) electrons. The van der Waals surface area contributed by atoms with E-state index in [9.17, 15) is 5.11 Å². The second-order valence-corrected chi connectivity index (χ2v) is 5.37. The van der Waals surface area contributed by atoms with Crippen molar-refractivity contribution in [1.82, 2.24) is 5.32 Å². The maximum absolute atomic E-state index is 9.35. The van der Waals surface area contributed by atoms with Gasteiger partial charge in [0.25, 0.3) is 0 Å². The standard InChI is InChI=1S/C15H24N2O/c1-12(2)16-10-13-5-7-14(8-6-13)17-9-3-4-15(17)11-18/h5-8,12,15-16,18H,3-4,9-11H2,1-2H3. The number of rotatable bonds is 5. The summed E-state index contributed by atoms with van der Waals surface area (Å²) in [6, 6.07) is 9.53. The highest BCUT2D eigenvalue weighted by Gasteiger charge is 2.23. The van der Waals surface area contributed by atoms with Crippen molar-refractivity contribution in [1.29, 1.82) is 0 Å². The maximum Gasteiger partial charge on any atom is 0.0635 e. The van der Waals surface area contributed by atoms with Crippen molar-refractivity contribution in [2.24, 2.45) is 0 Å². The van der Waals surface area contributed by atoms with Crippen LogP contribution in [0.5, 0.6) is 0 Å². The quantitative estimate of drug-likeness (QED) is 0.838. The average molecular weight is 248 g/mol. The predicted molar refractivity (Wildman–Crippen MR) is 75.9 cm³/mol. The molecule has 0 aromatic heterocycles. The van der Waals surface area contributed by atoms with Crippen LogP contribution in [0.25, 0.3) is 0 Å². The fraction of sp³-hybridized carbons (Fsp3) is 0.600. The number of hydrogen-bond acceptors (Lipinski definition) is 3. The third-order valence-electron chi connectivity index (χ3n) is 3.57. The normalized spacial score (nSPS) is 19.8. The largest absolute Gasteiger partial charge is 0.394 e. The van der Waals surface area contributed by atoms with Crippen LogP contribution in [-0.2, 0) is 6.54 Å². The Morgan fingerprint density at radius 1 is 1.33 bits per heavy atom. The van der Waals surface area contributed by atoms with Gasteiger partial charge in [-0.3, -0.25) is 0 Å². The molecule has 2 rings (SSSR count). The lowest BCUT2D eigenvalue weighted by Crippen LogP contribution is -2.31. The molecule has 3 heteroatoms. The van der Waals surface area contributed by atoms with Gasteiger partial charge >= 0.3 is 0 Å². The van der Waals surface area contributed by atoms with Gasteiger partial charge in [-0.1, -0.05) is 26.0 Å². The molecule has 1 saturated heterocycles. The van der Waals surface area contributed by atoms with Crippen molar-refractivity contribution in [3.8, 4) is 0 Å². The lowest BCUT2D eigenvalue weighted by molar-refractivity contribution is 0.266. The van der Waals surface area contributed by atoms with Gasteiger partial charge in [-0.15, -0.1) is 0 Å². The van der Waals surface area contributed by atoms with Crippen LogP contribution in [0, 0.1) is 0 Å². The fourth-order valence-corrected chi connectivity index (χ4v) is 2.49. The highest BCUT2D eigenvalue weighted by molar-refractivity contribution is 5.49. The van der Waals surface area contributed by atoms with E-state index in [2.05, 4.69) is 48.3 Å². The molecule has 100 valence electrons. The molecule has 1 atom stereocenters. The summed E-state index contributed by atoms with van der Waals surface area (Å²) < 4.78 is 0. The molecule has 0 aliphatic carbocycles. The van der Waals surface area contributed by atoms with E-state index < -0.39 is 0 Å². The molecular formula is C15H24N2O. The van der Waals surface area contributed by atoms with Gasteiger partial charge in [0.1, 0.15) is 0 Å². The molecule has 2 N–H and O–H groups in total. The van der Waals surface area contributed by atoms with Crippen LogP contribution in [0.1, 0.15) is 32.3 Å². The third-order valence-corrected chi connectivity index (χ3v) is 3.57. The number of hydrogen-bond donors (Lipinski definition) is 2. The number of nitrogens with one attached hydrogen (secondary N) is 1. The summed E-state index contributed by atoms with van der Waals surface area (Å²) in [6.45, 7) is 6.56. The predicted octanol–water partition coefficient (Wildman–Crippen LogP) is 2.15. The summed E-state index contributed by atoms with van der Waals surface area (Å²) in [5.41, 5.74) is 2.55. The molecule has 0 amide bonds. The summed E-state index contributed by atoms with van der Waals surface area (Å²) in [5.74, 6) is 0. The molecule has 1 heterocycles. The van der Waals surface area contributed by atoms with Gasteiger partial charge in [0.2, 0.25) is 0 Å². The molecule has 1 aliphatic rings. The molecule has 1 aromatic rings. The summed E-state index contributed by atoms with van der Waals surface area (Å²) in [6.07, 6.45) is 2.29. The minimum absolute atomic E-state index is 0.261. The van der Waals surface area contributed by atoms with Gasteiger partial charge in [-0.05, 0) is 30.5 Å². The van der Waals surface area contributed by atoms with Crippen LogP contribution in [0.3, 0.4) is 0 Å². The second-order valence-electron chi connectivity index (χ2n) is 5.37. The minimum atomic E-state index is 0.261. The first-order valence-electron chi connectivity index (χ1n) is 6.90. The number of benzene rings is 1. The van der Waals surface area contributed by atoms with E-state index in [4.69, 9.17) is 0 Å². The van der Waals surface area contributed by atoms with Gasteiger partial charge in [-0.25, -0.2) is 0 Å². The molecule has 1 aliphatic heterocycles. The Kier molecular flexibility index (Phi) is 4.61. The van der Waals surface area contributed by atoms with Crippen molar-refractivity contribution >= 4 is 5.69 Å². The zero-order valence-electron chi connectivity index (χ0n) is 11.4. The average Bonchev–Trinajstić information content (AvgIpc) is 2.85. The van der Waals surface area contributed by atoms with Crippen LogP contribution < -0.4 is 10.2 Å². The van der Waals surface area contributed by atoms with E-state index in [0.717, 1.165) is 19.5 Å². The van der Waals surface area contributed by atoms with Crippen LogP contribution >= 0.6 is 0 Å². The molecule has 3 nitrogen and oxygen atoms in total. The first-order valence-corrected chi connectivity index (χ1v) is 6.90. The van der Waals surface area contributed by atoms with E-state index in [-0.39, 0.29) is 6.61 Å². The third kappa shape index (κ3) is 3.24. The number of nitrogens with zero attached hydrogens (tertiary/aromatic N) is 1. The monoisotopic (exact) mass is 248 g/mol. The molecule has 0 bridgehead atoms. The Morgan fingerprint density at radius 2 is 2.06 bits per heavy atom. The summed E-state index contributed by atoms with van der Waals surface area (Å²) in [4.78, 5) is 2.32. The Hall–Kier alpha value is -1.06. The Bertz CT molecular complexity index is 361. The van der Waals surface area contributed by atoms with Crippen LogP contribution in [-0.4, -0.2) is 30.3 Å². The highest BCUT2D eigenvalue weighted by atomic mass is 16.3. The molecule has 1 fully saturated rings. The van der Waals surface area contributed by atoms with Crippen molar-refractivity contribution < 1.29 is 5.11 Å². The van der Waals surface area contributed by atoms with Gasteiger partial charge in [0.05, 0.1) is 12.6 Å². The van der Waals surface area contributed by atoms with E-state index in [1.807, 2.05) is 0 Å². The summed E-state index contributed by atoms with van der Waals surface area (Å²) in [5, 5.41) is 12.8. The Labute approximate surface area is 110 Å². The van der Waals surface area contributed by atoms with E-state index >= 15 is 0 Å². The number of aliphatic hydroxyl groups is 1. The van der Waals surface area contributed by atoms with Crippen molar-refractivity contribution in [3.05, 3.63) is 29.8 Å². The van der Waals surface area contributed by atoms with E-state index in [1.54, 1.807) is 0 Å². The SMILES string of the molecule is CC(C)NCc1ccc(N2CCCC2CO)cc1. The first-order chi connectivity index (χ1) is 8.70. The van der Waals surface area contributed by atoms with Crippen molar-refractivity contribution in [3.63, 3.8) is 0 Å². The smallest absolute Gasteiger partial charge is 0.0635 e. The molecular weight excluding hydrogens is 224 g/mol. The van der Waals surface area contributed by atoms with Crippen molar-refractivity contribution in [2.45, 2.75) is 45.3 Å². The Morgan fingerprint density at radius 3 is 2.67 bits per heavy atom. The summed E-state index contributed by atoms with van der Waals surface area (Å²) >= 11 is 0. The van der Waals surface area contributed by atoms with Gasteiger partial charge in [0.15, 0.2) is 0 Å². The van der Waals surface area contributed by atoms with Crippen LogP contribution in [0.4, 0.5) is 5.69 Å². The molecule has 1 unspecified atom stereocenters. The summed E-state index contributed by atoms with van der Waals surface area (Å²) in [7, 11) is 0. The van der Waals surface area contributed by atoms with Gasteiger partial charge in [0, 0.05) is 24.8 Å². The molecule has 0 spiro atoms. The molecule has 18 heavy (non-hydrogen) atoms. The number of aliphatic hydroxyl groups excluding tert-OH is 1. The lowest BCUT2D eigenvalue weighted by Gasteiger charge is -2.25. The number of anilines is 1. The van der Waals surface area contributed by atoms with Gasteiger partial charge in [-0.2, -0.15) is 0 Å². The zero-order chi connectivity index (χ0) is 13.0. The highest BCUT2D eigenvalue weighted by Crippen LogP contribution is 2.25. The Balaban J connectivity index is 1.98. The lowest BCUT2D eigenvalue weighted by atomic mass is 10.1. The van der Waals surface area contributed by atoms with Gasteiger partial charge < -0.3 is 15.3 Å². The van der Waals surface area contributed by atoms with Crippen molar-refractivity contribution in [2.75, 3.05) is 18.1 Å². The molecule has 0 saturated carbocycles. The van der Waals surface area contributed by atoms with Crippen LogP contribution in [0.2, 0.25) is 0 Å². The first kappa shape index (κ1) is 13.4. The topological polar surface area (TPSA) is 35.5 Å². The zero-order valence-corrected chi connectivity index (χ0v) is 11.4. The van der Waals surface area contributed by atoms with Crippen LogP contribution in [0.15, 0.2) is 24.3 Å².